The summed E-state index contributed by atoms with van der Waals surface area (Å²) < 4.78 is 5.33. The van der Waals surface area contributed by atoms with Crippen LogP contribution in [0.3, 0.4) is 0 Å². The number of rotatable bonds is 4. The lowest BCUT2D eigenvalue weighted by molar-refractivity contribution is -0.137. The maximum atomic E-state index is 11.8. The average Bonchev–Trinajstić information content (AvgIpc) is 2.35. The first-order valence-electron chi connectivity index (χ1n) is 6.12. The van der Waals surface area contributed by atoms with E-state index in [1.54, 1.807) is 13.3 Å². The van der Waals surface area contributed by atoms with Crippen molar-refractivity contribution < 1.29 is 19.4 Å². The summed E-state index contributed by atoms with van der Waals surface area (Å²) in [6.45, 7) is 0.203. The van der Waals surface area contributed by atoms with E-state index < -0.39 is 5.97 Å². The first-order chi connectivity index (χ1) is 8.60. The predicted molar refractivity (Wildman–Crippen MR) is 64.0 cm³/mol. The van der Waals surface area contributed by atoms with Gasteiger partial charge in [0, 0.05) is 19.9 Å². The molecule has 2 N–H and O–H groups in total. The summed E-state index contributed by atoms with van der Waals surface area (Å²) >= 11 is 0. The minimum absolute atomic E-state index is 0.0461. The summed E-state index contributed by atoms with van der Waals surface area (Å²) in [6, 6.07) is -0.120. The smallest absolute Gasteiger partial charge is 0.321 e. The van der Waals surface area contributed by atoms with Gasteiger partial charge in [0.25, 0.3) is 0 Å². The van der Waals surface area contributed by atoms with Crippen LogP contribution in [0.2, 0.25) is 0 Å². The van der Waals surface area contributed by atoms with Crippen molar-refractivity contribution in [1.29, 1.82) is 0 Å². The van der Waals surface area contributed by atoms with Crippen LogP contribution < -0.4 is 5.32 Å². The summed E-state index contributed by atoms with van der Waals surface area (Å²) in [7, 11) is 1.69. The number of fused-ring (bicyclic) bond motifs is 1. The fourth-order valence-electron chi connectivity index (χ4n) is 2.43. The van der Waals surface area contributed by atoms with Gasteiger partial charge in [-0.15, -0.1) is 0 Å². The van der Waals surface area contributed by atoms with E-state index in [-0.39, 0.29) is 31.1 Å². The average molecular weight is 254 g/mol. The third-order valence-electron chi connectivity index (χ3n) is 3.47. The Hall–Kier alpha value is -1.56. The first kappa shape index (κ1) is 12.9. The highest BCUT2D eigenvalue weighted by Crippen LogP contribution is 2.28. The van der Waals surface area contributed by atoms with Crippen LogP contribution in [-0.4, -0.2) is 47.8 Å². The van der Waals surface area contributed by atoms with Gasteiger partial charge in [-0.2, -0.15) is 0 Å². The normalized spacial score (nSPS) is 27.3. The van der Waals surface area contributed by atoms with Gasteiger partial charge in [0.2, 0.25) is 0 Å². The highest BCUT2D eigenvalue weighted by atomic mass is 16.5. The molecule has 2 atom stereocenters. The summed E-state index contributed by atoms with van der Waals surface area (Å²) in [5.41, 5.74) is 1.12. The molecule has 0 saturated heterocycles. The van der Waals surface area contributed by atoms with E-state index in [4.69, 9.17) is 9.84 Å². The van der Waals surface area contributed by atoms with Gasteiger partial charge in [-0.05, 0) is 24.8 Å². The highest BCUT2D eigenvalue weighted by Gasteiger charge is 2.32. The number of amides is 2. The number of carbonyl (C=O) groups excluding carboxylic acids is 1. The SMILES string of the molecule is COC1CC[C@H]2NC(=O)N(CCC(=O)O)C=C2C1. The molecule has 1 fully saturated rings. The van der Waals surface area contributed by atoms with Crippen molar-refractivity contribution in [3.8, 4) is 0 Å². The van der Waals surface area contributed by atoms with Crippen LogP contribution in [0, 0.1) is 0 Å². The Bertz CT molecular complexity index is 380. The van der Waals surface area contributed by atoms with Crippen molar-refractivity contribution in [2.75, 3.05) is 13.7 Å². The van der Waals surface area contributed by atoms with Crippen LogP contribution >= 0.6 is 0 Å². The topological polar surface area (TPSA) is 78.9 Å². The van der Waals surface area contributed by atoms with E-state index in [9.17, 15) is 9.59 Å². The van der Waals surface area contributed by atoms with E-state index in [0.717, 1.165) is 24.8 Å². The van der Waals surface area contributed by atoms with Gasteiger partial charge in [0.15, 0.2) is 0 Å². The predicted octanol–water partition coefficient (Wildman–Crippen LogP) is 0.938. The molecule has 1 saturated carbocycles. The molecular weight excluding hydrogens is 236 g/mol. The molecule has 1 aliphatic heterocycles. The van der Waals surface area contributed by atoms with Crippen molar-refractivity contribution in [1.82, 2.24) is 10.2 Å². The highest BCUT2D eigenvalue weighted by molar-refractivity contribution is 5.78. The molecule has 18 heavy (non-hydrogen) atoms. The van der Waals surface area contributed by atoms with Gasteiger partial charge in [-0.1, -0.05) is 0 Å². The van der Waals surface area contributed by atoms with Gasteiger partial charge in [-0.3, -0.25) is 4.79 Å². The molecule has 2 amide bonds. The summed E-state index contributed by atoms with van der Waals surface area (Å²) in [6.07, 6.45) is 4.55. The fraction of sp³-hybridized carbons (Fsp3) is 0.667. The third kappa shape index (κ3) is 2.81. The molecule has 0 aromatic rings. The number of carboxylic acid groups (broad SMARTS) is 1. The second-order valence-corrected chi connectivity index (χ2v) is 4.68. The molecule has 0 bridgehead atoms. The maximum absolute atomic E-state index is 11.8. The van der Waals surface area contributed by atoms with Gasteiger partial charge >= 0.3 is 12.0 Å². The van der Waals surface area contributed by atoms with Crippen molar-refractivity contribution in [2.24, 2.45) is 0 Å². The zero-order valence-electron chi connectivity index (χ0n) is 10.4. The number of aliphatic carboxylic acids is 1. The monoisotopic (exact) mass is 254 g/mol. The Morgan fingerprint density at radius 3 is 3.06 bits per heavy atom. The third-order valence-corrected chi connectivity index (χ3v) is 3.47. The number of ether oxygens (including phenoxy) is 1. The van der Waals surface area contributed by atoms with Gasteiger partial charge < -0.3 is 20.1 Å². The number of urea groups is 1. The molecule has 1 heterocycles. The molecule has 0 radical (unpaired) electrons. The molecule has 2 aliphatic rings. The van der Waals surface area contributed by atoms with Crippen molar-refractivity contribution in [3.63, 3.8) is 0 Å². The van der Waals surface area contributed by atoms with Crippen LogP contribution in [0.1, 0.15) is 25.7 Å². The van der Waals surface area contributed by atoms with Gasteiger partial charge in [-0.25, -0.2) is 4.79 Å². The number of nitrogens with one attached hydrogen (secondary N) is 1. The van der Waals surface area contributed by atoms with Crippen LogP contribution in [0.4, 0.5) is 4.79 Å². The molecule has 0 aromatic carbocycles. The lowest BCUT2D eigenvalue weighted by Gasteiger charge is -2.37. The molecule has 0 aromatic heterocycles. The standard InChI is InChI=1S/C12H18N2O4/c1-18-9-2-3-10-8(6-9)7-14(12(17)13-10)5-4-11(15)16/h7,9-10H,2-6H2,1H3,(H,13,17)(H,15,16)/t9?,10-/m1/s1. The molecule has 6 nitrogen and oxygen atoms in total. The van der Waals surface area contributed by atoms with E-state index in [2.05, 4.69) is 5.32 Å². The Kier molecular flexibility index (Phi) is 3.86. The maximum Gasteiger partial charge on any atom is 0.321 e. The number of methoxy groups -OCH3 is 1. The van der Waals surface area contributed by atoms with E-state index in [1.165, 1.54) is 4.90 Å². The fourth-order valence-corrected chi connectivity index (χ4v) is 2.43. The quantitative estimate of drug-likeness (QED) is 0.782. The van der Waals surface area contributed by atoms with Crippen LogP contribution in [0.5, 0.6) is 0 Å². The van der Waals surface area contributed by atoms with E-state index >= 15 is 0 Å². The van der Waals surface area contributed by atoms with Crippen molar-refractivity contribution >= 4 is 12.0 Å². The molecule has 100 valence electrons. The summed E-state index contributed by atoms with van der Waals surface area (Å²) in [5, 5.41) is 11.6. The number of nitrogens with zero attached hydrogens (tertiary/aromatic N) is 1. The largest absolute Gasteiger partial charge is 0.481 e. The van der Waals surface area contributed by atoms with Crippen LogP contribution in [-0.2, 0) is 9.53 Å². The van der Waals surface area contributed by atoms with Crippen LogP contribution in [0.15, 0.2) is 11.8 Å². The minimum Gasteiger partial charge on any atom is -0.481 e. The van der Waals surface area contributed by atoms with Gasteiger partial charge in [0.1, 0.15) is 0 Å². The first-order valence-corrected chi connectivity index (χ1v) is 6.12. The minimum atomic E-state index is -0.901. The number of hydrogen-bond acceptors (Lipinski definition) is 3. The molecule has 1 unspecified atom stereocenters. The number of carboxylic acids is 1. The van der Waals surface area contributed by atoms with Crippen molar-refractivity contribution in [2.45, 2.75) is 37.8 Å². The number of carbonyl (C=O) groups is 2. The lowest BCUT2D eigenvalue weighted by atomic mass is 9.87. The molecular formula is C12H18N2O4. The van der Waals surface area contributed by atoms with E-state index in [0.29, 0.717) is 0 Å². The Labute approximate surface area is 106 Å². The van der Waals surface area contributed by atoms with Crippen molar-refractivity contribution in [3.05, 3.63) is 11.8 Å². The number of hydrogen-bond donors (Lipinski definition) is 2. The van der Waals surface area contributed by atoms with Gasteiger partial charge in [0.05, 0.1) is 18.6 Å². The Morgan fingerprint density at radius 2 is 2.39 bits per heavy atom. The second kappa shape index (κ2) is 5.39. The summed E-state index contributed by atoms with van der Waals surface area (Å²) in [4.78, 5) is 23.7. The Balaban J connectivity index is 2.04. The van der Waals surface area contributed by atoms with E-state index in [1.807, 2.05) is 0 Å². The lowest BCUT2D eigenvalue weighted by Crippen LogP contribution is -2.50. The molecule has 2 rings (SSSR count). The molecule has 0 spiro atoms. The van der Waals surface area contributed by atoms with Crippen LogP contribution in [0.25, 0.3) is 0 Å². The molecule has 6 heteroatoms. The molecule has 1 aliphatic carbocycles. The Morgan fingerprint density at radius 1 is 1.61 bits per heavy atom. The zero-order chi connectivity index (χ0) is 13.1. The zero-order valence-corrected chi connectivity index (χ0v) is 10.4. The summed E-state index contributed by atoms with van der Waals surface area (Å²) in [5.74, 6) is -0.901. The second-order valence-electron chi connectivity index (χ2n) is 4.68.